The predicted molar refractivity (Wildman–Crippen MR) is 89.0 cm³/mol. The fourth-order valence-corrected chi connectivity index (χ4v) is 2.42. The second-order valence-electron chi connectivity index (χ2n) is 7.88. The van der Waals surface area contributed by atoms with Crippen LogP contribution in [0.15, 0.2) is 24.3 Å². The lowest BCUT2D eigenvalue weighted by Crippen LogP contribution is -2.46. The topological polar surface area (TPSA) is 15.3 Å². The van der Waals surface area contributed by atoms with Crippen LogP contribution in [-0.4, -0.2) is 30.6 Å². The second kappa shape index (κ2) is 6.89. The first-order valence-corrected chi connectivity index (χ1v) is 7.71. The maximum absolute atomic E-state index is 13.9. The molecule has 0 spiro atoms. The summed E-state index contributed by atoms with van der Waals surface area (Å²) in [6.45, 7) is 14.9. The smallest absolute Gasteiger partial charge is 0.127 e. The van der Waals surface area contributed by atoms with Gasteiger partial charge in [0.1, 0.15) is 5.82 Å². The Balaban J connectivity index is 2.67. The van der Waals surface area contributed by atoms with Gasteiger partial charge in [0, 0.05) is 30.2 Å². The maximum Gasteiger partial charge on any atom is 0.127 e. The van der Waals surface area contributed by atoms with Gasteiger partial charge in [0.15, 0.2) is 0 Å². The molecule has 120 valence electrons. The third-order valence-corrected chi connectivity index (χ3v) is 3.79. The predicted octanol–water partition coefficient (Wildman–Crippen LogP) is 4.23. The Morgan fingerprint density at radius 3 is 2.24 bits per heavy atom. The zero-order chi connectivity index (χ0) is 16.3. The third-order valence-electron chi connectivity index (χ3n) is 3.79. The number of hydrogen-bond donors (Lipinski definition) is 1. The normalized spacial score (nSPS) is 14.5. The second-order valence-corrected chi connectivity index (χ2v) is 7.88. The monoisotopic (exact) mass is 294 g/mol. The first kappa shape index (κ1) is 18.1. The summed E-state index contributed by atoms with van der Waals surface area (Å²) in [6, 6.07) is 7.11. The van der Waals surface area contributed by atoms with Crippen LogP contribution in [0.4, 0.5) is 4.39 Å². The molecule has 0 fully saturated rings. The van der Waals surface area contributed by atoms with Crippen molar-refractivity contribution in [1.82, 2.24) is 10.2 Å². The summed E-state index contributed by atoms with van der Waals surface area (Å²) in [4.78, 5) is 2.22. The van der Waals surface area contributed by atoms with Crippen LogP contribution in [0.25, 0.3) is 0 Å². The van der Waals surface area contributed by atoms with E-state index in [1.165, 1.54) is 6.07 Å². The Kier molecular flexibility index (Phi) is 5.94. The van der Waals surface area contributed by atoms with E-state index >= 15 is 0 Å². The Hall–Kier alpha value is -0.930. The molecule has 1 unspecified atom stereocenters. The first-order valence-electron chi connectivity index (χ1n) is 7.71. The minimum atomic E-state index is -0.123. The number of hydrogen-bond acceptors (Lipinski definition) is 2. The van der Waals surface area contributed by atoms with E-state index in [1.54, 1.807) is 6.07 Å². The van der Waals surface area contributed by atoms with E-state index in [9.17, 15) is 4.39 Å². The molecule has 1 rings (SSSR count). The molecule has 0 aliphatic carbocycles. The Bertz CT molecular complexity index is 449. The summed E-state index contributed by atoms with van der Waals surface area (Å²) in [5.74, 6) is -0.123. The number of nitrogens with zero attached hydrogens (tertiary/aromatic N) is 1. The average Bonchev–Trinajstić information content (AvgIpc) is 2.35. The standard InChI is InChI=1S/C18H31FN2/c1-14(15-10-8-9-11-16(15)19)21(7)13-18(5,6)12-20-17(2,3)4/h8-11,14,20H,12-13H2,1-7H3. The number of benzene rings is 1. The van der Waals surface area contributed by atoms with Crippen LogP contribution in [0.2, 0.25) is 0 Å². The van der Waals surface area contributed by atoms with E-state index in [0.717, 1.165) is 18.7 Å². The molecule has 0 amide bonds. The maximum atomic E-state index is 13.9. The van der Waals surface area contributed by atoms with Gasteiger partial charge in [-0.2, -0.15) is 0 Å². The van der Waals surface area contributed by atoms with Crippen LogP contribution in [0.1, 0.15) is 53.1 Å². The Morgan fingerprint density at radius 2 is 1.71 bits per heavy atom. The van der Waals surface area contributed by atoms with Crippen molar-refractivity contribution in [3.63, 3.8) is 0 Å². The summed E-state index contributed by atoms with van der Waals surface area (Å²) in [5, 5.41) is 3.56. The van der Waals surface area contributed by atoms with Gasteiger partial charge in [-0.1, -0.05) is 32.0 Å². The molecule has 1 aromatic rings. The lowest BCUT2D eigenvalue weighted by atomic mass is 9.90. The highest BCUT2D eigenvalue weighted by Gasteiger charge is 2.25. The van der Waals surface area contributed by atoms with Gasteiger partial charge in [-0.05, 0) is 46.2 Å². The summed E-state index contributed by atoms with van der Waals surface area (Å²) in [5.41, 5.74) is 1.01. The summed E-state index contributed by atoms with van der Waals surface area (Å²) in [7, 11) is 2.07. The largest absolute Gasteiger partial charge is 0.311 e. The van der Waals surface area contributed by atoms with Gasteiger partial charge in [-0.3, -0.25) is 4.90 Å². The molecule has 1 aromatic carbocycles. The van der Waals surface area contributed by atoms with Gasteiger partial charge >= 0.3 is 0 Å². The van der Waals surface area contributed by atoms with Crippen LogP contribution < -0.4 is 5.32 Å². The van der Waals surface area contributed by atoms with Crippen LogP contribution in [0, 0.1) is 11.2 Å². The molecule has 0 saturated carbocycles. The van der Waals surface area contributed by atoms with Crippen molar-refractivity contribution in [2.45, 2.75) is 53.1 Å². The van der Waals surface area contributed by atoms with Crippen molar-refractivity contribution < 1.29 is 4.39 Å². The van der Waals surface area contributed by atoms with Crippen LogP contribution in [0.3, 0.4) is 0 Å². The van der Waals surface area contributed by atoms with Gasteiger partial charge in [0.25, 0.3) is 0 Å². The Morgan fingerprint density at radius 1 is 1.14 bits per heavy atom. The minimum absolute atomic E-state index is 0.0695. The van der Waals surface area contributed by atoms with Gasteiger partial charge in [0.2, 0.25) is 0 Å². The molecule has 0 bridgehead atoms. The number of halogens is 1. The molecule has 0 aliphatic heterocycles. The van der Waals surface area contributed by atoms with Gasteiger partial charge in [-0.25, -0.2) is 4.39 Å². The molecule has 21 heavy (non-hydrogen) atoms. The van der Waals surface area contributed by atoms with Crippen molar-refractivity contribution in [2.24, 2.45) is 5.41 Å². The minimum Gasteiger partial charge on any atom is -0.311 e. The van der Waals surface area contributed by atoms with E-state index in [-0.39, 0.29) is 22.8 Å². The van der Waals surface area contributed by atoms with Crippen LogP contribution in [0.5, 0.6) is 0 Å². The molecule has 0 heterocycles. The van der Waals surface area contributed by atoms with Gasteiger partial charge in [0.05, 0.1) is 0 Å². The van der Waals surface area contributed by atoms with Gasteiger partial charge in [-0.15, -0.1) is 0 Å². The molecule has 1 N–H and O–H groups in total. The Labute approximate surface area is 129 Å². The molecule has 0 saturated heterocycles. The van der Waals surface area contributed by atoms with Crippen LogP contribution in [-0.2, 0) is 0 Å². The third kappa shape index (κ3) is 6.15. The summed E-state index contributed by atoms with van der Waals surface area (Å²) >= 11 is 0. The molecular weight excluding hydrogens is 263 g/mol. The highest BCUT2D eigenvalue weighted by molar-refractivity contribution is 5.20. The van der Waals surface area contributed by atoms with Crippen LogP contribution >= 0.6 is 0 Å². The highest BCUT2D eigenvalue weighted by atomic mass is 19.1. The van der Waals surface area contributed by atoms with E-state index in [0.29, 0.717) is 0 Å². The summed E-state index contributed by atoms with van der Waals surface area (Å²) < 4.78 is 13.9. The fraction of sp³-hybridized carbons (Fsp3) is 0.667. The first-order chi connectivity index (χ1) is 9.52. The zero-order valence-corrected chi connectivity index (χ0v) is 14.6. The molecule has 2 nitrogen and oxygen atoms in total. The quantitative estimate of drug-likeness (QED) is 0.844. The van der Waals surface area contributed by atoms with E-state index in [2.05, 4.69) is 58.8 Å². The van der Waals surface area contributed by atoms with Gasteiger partial charge < -0.3 is 5.32 Å². The van der Waals surface area contributed by atoms with Crippen molar-refractivity contribution in [1.29, 1.82) is 0 Å². The average molecular weight is 294 g/mol. The number of rotatable bonds is 6. The lowest BCUT2D eigenvalue weighted by Gasteiger charge is -2.36. The lowest BCUT2D eigenvalue weighted by molar-refractivity contribution is 0.156. The van der Waals surface area contributed by atoms with E-state index in [1.807, 2.05) is 12.1 Å². The molecule has 3 heteroatoms. The van der Waals surface area contributed by atoms with Crippen molar-refractivity contribution in [3.8, 4) is 0 Å². The van der Waals surface area contributed by atoms with E-state index < -0.39 is 0 Å². The van der Waals surface area contributed by atoms with Crippen molar-refractivity contribution in [2.75, 3.05) is 20.1 Å². The molecule has 0 aliphatic rings. The summed E-state index contributed by atoms with van der Waals surface area (Å²) in [6.07, 6.45) is 0. The highest BCUT2D eigenvalue weighted by Crippen LogP contribution is 2.25. The molecular formula is C18H31FN2. The SMILES string of the molecule is CC(c1ccccc1F)N(C)CC(C)(C)CNC(C)(C)C. The zero-order valence-electron chi connectivity index (χ0n) is 14.6. The number of nitrogens with one attached hydrogen (secondary N) is 1. The van der Waals surface area contributed by atoms with Crippen molar-refractivity contribution in [3.05, 3.63) is 35.6 Å². The fourth-order valence-electron chi connectivity index (χ4n) is 2.42. The van der Waals surface area contributed by atoms with E-state index in [4.69, 9.17) is 0 Å². The molecule has 0 aromatic heterocycles. The molecule has 1 atom stereocenters. The van der Waals surface area contributed by atoms with Crippen molar-refractivity contribution >= 4 is 0 Å². The molecule has 0 radical (unpaired) electrons.